The molecular formula is C14H15ClO. The van der Waals surface area contributed by atoms with Crippen molar-refractivity contribution in [3.8, 4) is 12.3 Å². The maximum absolute atomic E-state index is 9.98. The van der Waals surface area contributed by atoms with Crippen molar-refractivity contribution in [2.24, 2.45) is 0 Å². The lowest BCUT2D eigenvalue weighted by Crippen LogP contribution is -2.00. The van der Waals surface area contributed by atoms with Gasteiger partial charge in [0, 0.05) is 11.4 Å². The summed E-state index contributed by atoms with van der Waals surface area (Å²) in [4.78, 5) is 0. The van der Waals surface area contributed by atoms with Gasteiger partial charge in [0.1, 0.15) is 0 Å². The molecule has 0 radical (unpaired) electrons. The van der Waals surface area contributed by atoms with Crippen LogP contribution in [0.15, 0.2) is 36.4 Å². The quantitative estimate of drug-likeness (QED) is 0.468. The molecule has 1 atom stereocenters. The molecule has 1 rings (SSSR count). The standard InChI is InChI=1S/C14H15ClO/c1-3-4-5-6-11(2)14(16)12-7-9-13(15)10-8-12/h1,7-10,14,16H,2,4-6H2. The second kappa shape index (κ2) is 6.37. The summed E-state index contributed by atoms with van der Waals surface area (Å²) in [6.45, 7) is 3.87. The predicted molar refractivity (Wildman–Crippen MR) is 68.2 cm³/mol. The minimum Gasteiger partial charge on any atom is -0.384 e. The molecule has 0 spiro atoms. The molecule has 1 aromatic carbocycles. The summed E-state index contributed by atoms with van der Waals surface area (Å²) in [5.74, 6) is 2.57. The molecule has 1 unspecified atom stereocenters. The fourth-order valence-electron chi connectivity index (χ4n) is 1.44. The monoisotopic (exact) mass is 234 g/mol. The lowest BCUT2D eigenvalue weighted by atomic mass is 9.99. The van der Waals surface area contributed by atoms with E-state index in [1.807, 2.05) is 0 Å². The van der Waals surface area contributed by atoms with Gasteiger partial charge in [-0.2, -0.15) is 0 Å². The third-order valence-corrected chi connectivity index (χ3v) is 2.64. The summed E-state index contributed by atoms with van der Waals surface area (Å²) in [6, 6.07) is 7.13. The van der Waals surface area contributed by atoms with Crippen molar-refractivity contribution in [2.75, 3.05) is 0 Å². The smallest absolute Gasteiger partial charge is 0.0998 e. The van der Waals surface area contributed by atoms with Crippen molar-refractivity contribution in [1.82, 2.24) is 0 Å². The van der Waals surface area contributed by atoms with Crippen LogP contribution in [0.25, 0.3) is 0 Å². The third-order valence-electron chi connectivity index (χ3n) is 2.39. The van der Waals surface area contributed by atoms with E-state index in [2.05, 4.69) is 12.5 Å². The fourth-order valence-corrected chi connectivity index (χ4v) is 1.56. The van der Waals surface area contributed by atoms with Crippen molar-refractivity contribution in [1.29, 1.82) is 0 Å². The normalized spacial score (nSPS) is 11.8. The van der Waals surface area contributed by atoms with Gasteiger partial charge in [0.25, 0.3) is 0 Å². The van der Waals surface area contributed by atoms with E-state index in [1.54, 1.807) is 24.3 Å². The van der Waals surface area contributed by atoms with Gasteiger partial charge < -0.3 is 5.11 Å². The molecule has 1 nitrogen and oxygen atoms in total. The number of aliphatic hydroxyl groups excluding tert-OH is 1. The Morgan fingerprint density at radius 1 is 1.44 bits per heavy atom. The molecule has 0 aromatic heterocycles. The number of terminal acetylenes is 1. The van der Waals surface area contributed by atoms with Crippen molar-refractivity contribution in [3.05, 3.63) is 47.0 Å². The zero-order valence-electron chi connectivity index (χ0n) is 9.12. The van der Waals surface area contributed by atoms with Gasteiger partial charge >= 0.3 is 0 Å². The van der Waals surface area contributed by atoms with Gasteiger partial charge in [-0.1, -0.05) is 30.3 Å². The van der Waals surface area contributed by atoms with Crippen molar-refractivity contribution < 1.29 is 5.11 Å². The van der Waals surface area contributed by atoms with E-state index < -0.39 is 6.10 Å². The predicted octanol–water partition coefficient (Wildman–Crippen LogP) is 3.73. The van der Waals surface area contributed by atoms with E-state index >= 15 is 0 Å². The Hall–Kier alpha value is -1.23. The van der Waals surface area contributed by atoms with Gasteiger partial charge in [-0.3, -0.25) is 0 Å². The largest absolute Gasteiger partial charge is 0.384 e. The molecule has 0 aliphatic rings. The Kier molecular flexibility index (Phi) is 5.11. The summed E-state index contributed by atoms with van der Waals surface area (Å²) in [5.41, 5.74) is 1.60. The van der Waals surface area contributed by atoms with Crippen LogP contribution < -0.4 is 0 Å². The summed E-state index contributed by atoms with van der Waals surface area (Å²) in [6.07, 6.45) is 6.85. The molecule has 0 aliphatic heterocycles. The molecule has 1 aromatic rings. The Labute approximate surface area is 102 Å². The zero-order valence-corrected chi connectivity index (χ0v) is 9.87. The highest BCUT2D eigenvalue weighted by Gasteiger charge is 2.10. The molecule has 0 amide bonds. The Bertz CT molecular complexity index is 386. The first-order valence-corrected chi connectivity index (χ1v) is 5.57. The Morgan fingerprint density at radius 3 is 2.62 bits per heavy atom. The third kappa shape index (κ3) is 3.73. The number of unbranched alkanes of at least 4 members (excludes halogenated alkanes) is 1. The SMILES string of the molecule is C#CCCCC(=C)C(O)c1ccc(Cl)cc1. The highest BCUT2D eigenvalue weighted by atomic mass is 35.5. The summed E-state index contributed by atoms with van der Waals surface area (Å²) in [7, 11) is 0. The van der Waals surface area contributed by atoms with Crippen LogP contribution in [0.2, 0.25) is 5.02 Å². The molecule has 0 bridgehead atoms. The molecule has 0 saturated carbocycles. The molecule has 84 valence electrons. The van der Waals surface area contributed by atoms with Gasteiger partial charge in [0.2, 0.25) is 0 Å². The Morgan fingerprint density at radius 2 is 2.06 bits per heavy atom. The van der Waals surface area contributed by atoms with E-state index in [0.29, 0.717) is 11.4 Å². The van der Waals surface area contributed by atoms with Gasteiger partial charge in [0.15, 0.2) is 0 Å². The number of rotatable bonds is 5. The van der Waals surface area contributed by atoms with Crippen LogP contribution in [-0.2, 0) is 0 Å². The first kappa shape index (κ1) is 12.8. The van der Waals surface area contributed by atoms with Crippen molar-refractivity contribution >= 4 is 11.6 Å². The van der Waals surface area contributed by atoms with Gasteiger partial charge in [-0.25, -0.2) is 0 Å². The van der Waals surface area contributed by atoms with Gasteiger partial charge in [-0.05, 0) is 36.1 Å². The van der Waals surface area contributed by atoms with Crippen LogP contribution >= 0.6 is 11.6 Å². The summed E-state index contributed by atoms with van der Waals surface area (Å²) >= 11 is 5.77. The minimum absolute atomic E-state index is 0.630. The molecule has 16 heavy (non-hydrogen) atoms. The second-order valence-corrected chi connectivity index (χ2v) is 4.11. The fraction of sp³-hybridized carbons (Fsp3) is 0.286. The molecule has 2 heteroatoms. The highest BCUT2D eigenvalue weighted by molar-refractivity contribution is 6.30. The molecule has 0 aliphatic carbocycles. The number of benzene rings is 1. The molecule has 0 saturated heterocycles. The minimum atomic E-state index is -0.630. The summed E-state index contributed by atoms with van der Waals surface area (Å²) in [5, 5.41) is 10.6. The van der Waals surface area contributed by atoms with Crippen LogP contribution in [0.1, 0.15) is 30.9 Å². The number of halogens is 1. The van der Waals surface area contributed by atoms with E-state index in [4.69, 9.17) is 18.0 Å². The summed E-state index contributed by atoms with van der Waals surface area (Å²) < 4.78 is 0. The van der Waals surface area contributed by atoms with E-state index in [0.717, 1.165) is 24.0 Å². The molecule has 1 N–H and O–H groups in total. The Balaban J connectivity index is 2.57. The van der Waals surface area contributed by atoms with Crippen molar-refractivity contribution in [3.63, 3.8) is 0 Å². The second-order valence-electron chi connectivity index (χ2n) is 3.67. The lowest BCUT2D eigenvalue weighted by molar-refractivity contribution is 0.211. The van der Waals surface area contributed by atoms with Crippen LogP contribution in [-0.4, -0.2) is 5.11 Å². The topological polar surface area (TPSA) is 20.2 Å². The van der Waals surface area contributed by atoms with Crippen molar-refractivity contribution in [2.45, 2.75) is 25.4 Å². The van der Waals surface area contributed by atoms with Gasteiger partial charge in [-0.15, -0.1) is 12.3 Å². The number of hydrogen-bond donors (Lipinski definition) is 1. The molecule has 0 heterocycles. The zero-order chi connectivity index (χ0) is 12.0. The average Bonchev–Trinajstić information content (AvgIpc) is 2.29. The maximum atomic E-state index is 9.98. The van der Waals surface area contributed by atoms with Crippen LogP contribution in [0.4, 0.5) is 0 Å². The first-order valence-electron chi connectivity index (χ1n) is 5.20. The van der Waals surface area contributed by atoms with Crippen LogP contribution in [0, 0.1) is 12.3 Å². The van der Waals surface area contributed by atoms with Crippen LogP contribution in [0.5, 0.6) is 0 Å². The van der Waals surface area contributed by atoms with E-state index in [-0.39, 0.29) is 0 Å². The first-order chi connectivity index (χ1) is 7.65. The van der Waals surface area contributed by atoms with Crippen LogP contribution in [0.3, 0.4) is 0 Å². The molecular weight excluding hydrogens is 220 g/mol. The number of aliphatic hydroxyl groups is 1. The van der Waals surface area contributed by atoms with Gasteiger partial charge in [0.05, 0.1) is 6.10 Å². The lowest BCUT2D eigenvalue weighted by Gasteiger charge is -2.13. The average molecular weight is 235 g/mol. The number of hydrogen-bond acceptors (Lipinski definition) is 1. The van der Waals surface area contributed by atoms with E-state index in [9.17, 15) is 5.11 Å². The molecule has 0 fully saturated rings. The van der Waals surface area contributed by atoms with E-state index in [1.165, 1.54) is 0 Å². The highest BCUT2D eigenvalue weighted by Crippen LogP contribution is 2.25. The maximum Gasteiger partial charge on any atom is 0.0998 e.